The van der Waals surface area contributed by atoms with Crippen LogP contribution in [0.2, 0.25) is 5.02 Å². The highest BCUT2D eigenvalue weighted by Crippen LogP contribution is 2.27. The summed E-state index contributed by atoms with van der Waals surface area (Å²) >= 11 is 6.11. The van der Waals surface area contributed by atoms with Crippen LogP contribution in [0.1, 0.15) is 11.1 Å². The van der Waals surface area contributed by atoms with Gasteiger partial charge >= 0.3 is 0 Å². The second kappa shape index (κ2) is 7.67. The van der Waals surface area contributed by atoms with Crippen LogP contribution in [0.5, 0.6) is 5.75 Å². The fourth-order valence-corrected chi connectivity index (χ4v) is 2.94. The van der Waals surface area contributed by atoms with Gasteiger partial charge in [-0.05, 0) is 23.8 Å². The molecule has 0 unspecified atom stereocenters. The first-order valence-corrected chi connectivity index (χ1v) is 8.47. The molecule has 0 atom stereocenters. The molecule has 0 aliphatic rings. The van der Waals surface area contributed by atoms with Crippen LogP contribution in [0.4, 0.5) is 5.69 Å². The van der Waals surface area contributed by atoms with Crippen LogP contribution in [0.15, 0.2) is 47.1 Å². The largest absolute Gasteiger partial charge is 0.497 e. The van der Waals surface area contributed by atoms with E-state index in [9.17, 15) is 14.9 Å². The average Bonchev–Trinajstić information content (AvgIpc) is 3.05. The molecule has 1 heterocycles. The highest BCUT2D eigenvalue weighted by molar-refractivity contribution is 6.31. The third-order valence-corrected chi connectivity index (χ3v) is 4.65. The molecule has 3 rings (SSSR count). The molecule has 0 spiro atoms. The molecule has 7 nitrogen and oxygen atoms in total. The number of nitro benzene ring substituents is 1. The van der Waals surface area contributed by atoms with Gasteiger partial charge in [-0.3, -0.25) is 14.9 Å². The molecular formula is C19H17ClN2O5. The number of carbonyl (C=O) groups excluding carboxylic acids is 1. The minimum absolute atomic E-state index is 0.0648. The van der Waals surface area contributed by atoms with Gasteiger partial charge in [-0.1, -0.05) is 11.6 Å². The number of fused-ring (bicyclic) bond motifs is 1. The number of non-ortho nitro benzene ring substituents is 1. The van der Waals surface area contributed by atoms with E-state index in [4.69, 9.17) is 20.8 Å². The summed E-state index contributed by atoms with van der Waals surface area (Å²) in [6.45, 7) is 0.170. The van der Waals surface area contributed by atoms with E-state index in [2.05, 4.69) is 0 Å². The number of methoxy groups -OCH3 is 1. The first-order valence-electron chi connectivity index (χ1n) is 8.10. The normalized spacial score (nSPS) is 10.8. The van der Waals surface area contributed by atoms with Crippen LogP contribution in [-0.2, 0) is 17.8 Å². The van der Waals surface area contributed by atoms with E-state index in [1.54, 1.807) is 32.6 Å². The van der Waals surface area contributed by atoms with Crippen LogP contribution in [0.3, 0.4) is 0 Å². The van der Waals surface area contributed by atoms with Crippen molar-refractivity contribution in [1.29, 1.82) is 0 Å². The Labute approximate surface area is 160 Å². The van der Waals surface area contributed by atoms with Crippen molar-refractivity contribution >= 4 is 34.2 Å². The highest BCUT2D eigenvalue weighted by atomic mass is 35.5. The Bertz CT molecular complexity index is 1010. The van der Waals surface area contributed by atoms with Crippen LogP contribution in [0.25, 0.3) is 11.0 Å². The summed E-state index contributed by atoms with van der Waals surface area (Å²) in [4.78, 5) is 24.5. The number of hydrogen-bond donors (Lipinski definition) is 0. The molecule has 140 valence electrons. The zero-order valence-electron chi connectivity index (χ0n) is 14.8. The maximum atomic E-state index is 12.6. The van der Waals surface area contributed by atoms with Gasteiger partial charge in [-0.2, -0.15) is 0 Å². The van der Waals surface area contributed by atoms with E-state index in [0.717, 1.165) is 10.9 Å². The smallest absolute Gasteiger partial charge is 0.269 e. The fourth-order valence-electron chi connectivity index (χ4n) is 2.76. The van der Waals surface area contributed by atoms with Gasteiger partial charge in [0.15, 0.2) is 0 Å². The summed E-state index contributed by atoms with van der Waals surface area (Å²) in [5.74, 6) is 0.517. The predicted octanol–water partition coefficient (Wildman–Crippen LogP) is 4.20. The fraction of sp³-hybridized carbons (Fsp3) is 0.211. The molecule has 8 heteroatoms. The summed E-state index contributed by atoms with van der Waals surface area (Å²) in [6, 6.07) is 9.58. The van der Waals surface area contributed by atoms with Crippen molar-refractivity contribution in [3.05, 3.63) is 68.9 Å². The van der Waals surface area contributed by atoms with Crippen LogP contribution < -0.4 is 4.74 Å². The number of carbonyl (C=O) groups is 1. The van der Waals surface area contributed by atoms with Gasteiger partial charge in [0.1, 0.15) is 11.3 Å². The zero-order chi connectivity index (χ0) is 19.6. The summed E-state index contributed by atoms with van der Waals surface area (Å²) in [5, 5.41) is 12.1. The standard InChI is InChI=1S/C19H17ClN2O5/c1-21(10-12-7-14(22(24)25)3-6-17(12)20)19(23)8-13-11-27-18-9-15(26-2)4-5-16(13)18/h3-7,9,11H,8,10H2,1-2H3. The lowest BCUT2D eigenvalue weighted by Crippen LogP contribution is -2.27. The lowest BCUT2D eigenvalue weighted by atomic mass is 10.1. The van der Waals surface area contributed by atoms with Crippen LogP contribution in [-0.4, -0.2) is 29.9 Å². The zero-order valence-corrected chi connectivity index (χ0v) is 15.5. The minimum atomic E-state index is -0.493. The maximum Gasteiger partial charge on any atom is 0.269 e. The molecule has 1 amide bonds. The molecule has 0 fully saturated rings. The number of rotatable bonds is 6. The molecular weight excluding hydrogens is 372 g/mol. The van der Waals surface area contributed by atoms with Gasteiger partial charge in [-0.25, -0.2) is 0 Å². The van der Waals surface area contributed by atoms with Crippen molar-refractivity contribution < 1.29 is 18.9 Å². The molecule has 3 aromatic rings. The molecule has 2 aromatic carbocycles. The van der Waals surface area contributed by atoms with Crippen molar-refractivity contribution in [2.45, 2.75) is 13.0 Å². The monoisotopic (exact) mass is 388 g/mol. The van der Waals surface area contributed by atoms with Gasteiger partial charge < -0.3 is 14.1 Å². The predicted molar refractivity (Wildman–Crippen MR) is 101 cm³/mol. The average molecular weight is 389 g/mol. The molecule has 1 aromatic heterocycles. The molecule has 0 bridgehead atoms. The van der Waals surface area contributed by atoms with E-state index in [0.29, 0.717) is 21.9 Å². The molecule has 0 N–H and O–H groups in total. The Kier molecular flexibility index (Phi) is 5.32. The van der Waals surface area contributed by atoms with Gasteiger partial charge in [-0.15, -0.1) is 0 Å². The number of benzene rings is 2. The second-order valence-corrected chi connectivity index (χ2v) is 6.49. The van der Waals surface area contributed by atoms with Crippen molar-refractivity contribution in [3.8, 4) is 5.75 Å². The number of amides is 1. The Hall–Kier alpha value is -3.06. The lowest BCUT2D eigenvalue weighted by molar-refractivity contribution is -0.384. The van der Waals surface area contributed by atoms with Crippen LogP contribution in [0, 0.1) is 10.1 Å². The quantitative estimate of drug-likeness (QED) is 0.466. The minimum Gasteiger partial charge on any atom is -0.497 e. The number of halogens is 1. The number of nitro groups is 1. The van der Waals surface area contributed by atoms with E-state index in [-0.39, 0.29) is 24.6 Å². The number of furan rings is 1. The third-order valence-electron chi connectivity index (χ3n) is 4.28. The first kappa shape index (κ1) is 18.7. The Morgan fingerprint density at radius 3 is 2.74 bits per heavy atom. The number of ether oxygens (including phenoxy) is 1. The Balaban J connectivity index is 1.75. The lowest BCUT2D eigenvalue weighted by Gasteiger charge is -2.17. The van der Waals surface area contributed by atoms with E-state index in [1.165, 1.54) is 23.1 Å². The van der Waals surface area contributed by atoms with E-state index >= 15 is 0 Å². The van der Waals surface area contributed by atoms with E-state index in [1.807, 2.05) is 6.07 Å². The molecule has 0 saturated heterocycles. The second-order valence-electron chi connectivity index (χ2n) is 6.08. The van der Waals surface area contributed by atoms with Gasteiger partial charge in [0.25, 0.3) is 5.69 Å². The van der Waals surface area contributed by atoms with Gasteiger partial charge in [0.2, 0.25) is 5.91 Å². The van der Waals surface area contributed by atoms with Crippen molar-refractivity contribution in [3.63, 3.8) is 0 Å². The van der Waals surface area contributed by atoms with Crippen LogP contribution >= 0.6 is 11.6 Å². The summed E-state index contributed by atoms with van der Waals surface area (Å²) in [5.41, 5.74) is 1.85. The van der Waals surface area contributed by atoms with Gasteiger partial charge in [0, 0.05) is 47.8 Å². The molecule has 0 radical (unpaired) electrons. The Morgan fingerprint density at radius 2 is 2.04 bits per heavy atom. The number of nitrogens with zero attached hydrogens (tertiary/aromatic N) is 2. The highest BCUT2D eigenvalue weighted by Gasteiger charge is 2.17. The summed E-state index contributed by atoms with van der Waals surface area (Å²) in [7, 11) is 3.20. The van der Waals surface area contributed by atoms with E-state index < -0.39 is 4.92 Å². The molecule has 0 aliphatic carbocycles. The topological polar surface area (TPSA) is 85.8 Å². The van der Waals surface area contributed by atoms with Gasteiger partial charge in [0.05, 0.1) is 24.7 Å². The maximum absolute atomic E-state index is 12.6. The van der Waals surface area contributed by atoms with Crippen molar-refractivity contribution in [2.24, 2.45) is 0 Å². The SMILES string of the molecule is COc1ccc2c(CC(=O)N(C)Cc3cc([N+](=O)[O-])ccc3Cl)coc2c1. The third kappa shape index (κ3) is 4.03. The Morgan fingerprint density at radius 1 is 1.26 bits per heavy atom. The number of hydrogen-bond acceptors (Lipinski definition) is 5. The molecule has 0 saturated carbocycles. The van der Waals surface area contributed by atoms with Crippen molar-refractivity contribution in [1.82, 2.24) is 4.90 Å². The molecule has 0 aliphatic heterocycles. The summed E-state index contributed by atoms with van der Waals surface area (Å²) < 4.78 is 10.7. The summed E-state index contributed by atoms with van der Waals surface area (Å²) in [6.07, 6.45) is 1.69. The number of likely N-dealkylation sites (N-methyl/N-ethyl adjacent to an activating group) is 1. The van der Waals surface area contributed by atoms with Crippen molar-refractivity contribution in [2.75, 3.05) is 14.2 Å². The first-order chi connectivity index (χ1) is 12.9. The molecule has 27 heavy (non-hydrogen) atoms.